The summed E-state index contributed by atoms with van der Waals surface area (Å²) < 4.78 is 11.2. The molecule has 1 aromatic heterocycles. The van der Waals surface area contributed by atoms with Crippen LogP contribution in [-0.2, 0) is 11.3 Å². The molecule has 0 saturated carbocycles. The van der Waals surface area contributed by atoms with Gasteiger partial charge in [0.2, 0.25) is 5.91 Å². The number of carbonyl (C=O) groups excluding carboxylic acids is 1. The second-order valence-electron chi connectivity index (χ2n) is 7.50. The van der Waals surface area contributed by atoms with Gasteiger partial charge >= 0.3 is 0 Å². The Kier molecular flexibility index (Phi) is 8.96. The van der Waals surface area contributed by atoms with Gasteiger partial charge in [-0.05, 0) is 69.1 Å². The van der Waals surface area contributed by atoms with Crippen LogP contribution in [0, 0.1) is 0 Å². The van der Waals surface area contributed by atoms with Crippen LogP contribution in [0.1, 0.15) is 49.2 Å². The predicted molar refractivity (Wildman–Crippen MR) is 118 cm³/mol. The Morgan fingerprint density at radius 1 is 1.24 bits per heavy atom. The van der Waals surface area contributed by atoms with E-state index < -0.39 is 0 Å². The van der Waals surface area contributed by atoms with Crippen LogP contribution in [0.3, 0.4) is 0 Å². The summed E-state index contributed by atoms with van der Waals surface area (Å²) in [6.07, 6.45) is 6.43. The Morgan fingerprint density at radius 2 is 2.10 bits per heavy atom. The van der Waals surface area contributed by atoms with Crippen LogP contribution in [0.2, 0.25) is 0 Å². The number of amides is 1. The van der Waals surface area contributed by atoms with E-state index in [2.05, 4.69) is 28.4 Å². The van der Waals surface area contributed by atoms with Crippen LogP contribution < -0.4 is 10.1 Å². The minimum atomic E-state index is 0.0527. The Bertz CT molecular complexity index is 729. The average Bonchev–Trinajstić information content (AvgIpc) is 3.28. The first-order valence-electron chi connectivity index (χ1n) is 10.6. The highest BCUT2D eigenvalue weighted by Gasteiger charge is 2.12. The molecule has 1 N–H and O–H groups in total. The van der Waals surface area contributed by atoms with Crippen molar-refractivity contribution in [2.24, 2.45) is 0 Å². The molecule has 1 aliphatic heterocycles. The molecule has 2 heterocycles. The van der Waals surface area contributed by atoms with Crippen LogP contribution in [0.5, 0.6) is 5.75 Å². The number of carbonyl (C=O) groups is 1. The number of ether oxygens (including phenoxy) is 1. The smallest absolute Gasteiger partial charge is 0.230 e. The Hall–Kier alpha value is -1.92. The zero-order valence-electron chi connectivity index (χ0n) is 17.3. The molecule has 1 amide bonds. The fourth-order valence-electron chi connectivity index (χ4n) is 3.46. The van der Waals surface area contributed by atoms with Gasteiger partial charge in [0.15, 0.2) is 0 Å². The van der Waals surface area contributed by atoms with Crippen molar-refractivity contribution in [2.45, 2.75) is 44.4 Å². The van der Waals surface area contributed by atoms with Crippen LogP contribution in [0.4, 0.5) is 0 Å². The summed E-state index contributed by atoms with van der Waals surface area (Å²) in [7, 11) is 0. The molecular weight excluding hydrogens is 384 g/mol. The summed E-state index contributed by atoms with van der Waals surface area (Å²) in [6, 6.07) is 12.2. The molecule has 1 atom stereocenters. The molecule has 3 rings (SSSR count). The van der Waals surface area contributed by atoms with E-state index >= 15 is 0 Å². The van der Waals surface area contributed by atoms with Crippen molar-refractivity contribution in [1.29, 1.82) is 0 Å². The number of hydrogen-bond acceptors (Lipinski definition) is 5. The summed E-state index contributed by atoms with van der Waals surface area (Å²) in [5.41, 5.74) is 1.31. The highest BCUT2D eigenvalue weighted by Crippen LogP contribution is 2.27. The third kappa shape index (κ3) is 7.78. The van der Waals surface area contributed by atoms with E-state index in [1.54, 1.807) is 18.0 Å². The molecule has 1 aliphatic rings. The first kappa shape index (κ1) is 21.8. The van der Waals surface area contributed by atoms with E-state index in [-0.39, 0.29) is 11.2 Å². The molecule has 2 aromatic rings. The lowest BCUT2D eigenvalue weighted by Gasteiger charge is -2.26. The first-order valence-corrected chi connectivity index (χ1v) is 11.6. The van der Waals surface area contributed by atoms with Gasteiger partial charge in [-0.1, -0.05) is 18.6 Å². The fraction of sp³-hybridized carbons (Fsp3) is 0.522. The topological polar surface area (TPSA) is 54.7 Å². The molecule has 1 aromatic carbocycles. The van der Waals surface area contributed by atoms with E-state index in [9.17, 15) is 4.79 Å². The standard InChI is InChI=1S/C23H32N2O3S/c1-19(22-10-6-14-28-22)29-18-23(26)24-11-7-15-27-21-9-5-8-20(16-21)17-25-12-3-2-4-13-25/h5-6,8-10,14,16,19H,2-4,7,11-13,15,17-18H2,1H3,(H,24,26). The highest BCUT2D eigenvalue weighted by molar-refractivity contribution is 8.00. The van der Waals surface area contributed by atoms with Crippen LogP contribution >= 0.6 is 11.8 Å². The highest BCUT2D eigenvalue weighted by atomic mass is 32.2. The number of hydrogen-bond donors (Lipinski definition) is 1. The molecule has 5 nitrogen and oxygen atoms in total. The maximum Gasteiger partial charge on any atom is 0.230 e. The van der Waals surface area contributed by atoms with Crippen molar-refractivity contribution in [1.82, 2.24) is 10.2 Å². The van der Waals surface area contributed by atoms with E-state index in [4.69, 9.17) is 9.15 Å². The zero-order valence-corrected chi connectivity index (χ0v) is 18.1. The number of piperidine rings is 1. The normalized spacial score (nSPS) is 15.8. The summed E-state index contributed by atoms with van der Waals surface area (Å²) in [4.78, 5) is 14.5. The third-order valence-corrected chi connectivity index (χ3v) is 6.23. The Labute approximate surface area is 178 Å². The van der Waals surface area contributed by atoms with Crippen molar-refractivity contribution in [3.05, 3.63) is 54.0 Å². The largest absolute Gasteiger partial charge is 0.494 e. The first-order chi connectivity index (χ1) is 14.2. The summed E-state index contributed by atoms with van der Waals surface area (Å²) >= 11 is 1.58. The number of furan rings is 1. The zero-order chi connectivity index (χ0) is 20.3. The summed E-state index contributed by atoms with van der Waals surface area (Å²) in [6.45, 7) is 6.67. The summed E-state index contributed by atoms with van der Waals surface area (Å²) in [5.74, 6) is 2.30. The molecule has 0 radical (unpaired) electrons. The molecule has 1 fully saturated rings. The van der Waals surface area contributed by atoms with Gasteiger partial charge < -0.3 is 14.5 Å². The lowest BCUT2D eigenvalue weighted by molar-refractivity contribution is -0.118. The minimum Gasteiger partial charge on any atom is -0.494 e. The van der Waals surface area contributed by atoms with E-state index in [0.29, 0.717) is 18.9 Å². The lowest BCUT2D eigenvalue weighted by atomic mass is 10.1. The van der Waals surface area contributed by atoms with Gasteiger partial charge in [0.1, 0.15) is 11.5 Å². The van der Waals surface area contributed by atoms with Crippen molar-refractivity contribution in [3.63, 3.8) is 0 Å². The average molecular weight is 417 g/mol. The number of nitrogens with one attached hydrogen (secondary N) is 1. The van der Waals surface area contributed by atoms with Crippen LogP contribution in [-0.4, -0.2) is 42.8 Å². The number of likely N-dealkylation sites (tertiary alicyclic amines) is 1. The Balaban J connectivity index is 1.28. The van der Waals surface area contributed by atoms with Crippen LogP contribution in [0.25, 0.3) is 0 Å². The number of thioether (sulfide) groups is 1. The van der Waals surface area contributed by atoms with Crippen molar-refractivity contribution >= 4 is 17.7 Å². The molecule has 0 spiro atoms. The third-order valence-electron chi connectivity index (χ3n) is 5.07. The monoisotopic (exact) mass is 416 g/mol. The van der Waals surface area contributed by atoms with Gasteiger partial charge in [0, 0.05) is 13.1 Å². The molecule has 6 heteroatoms. The maximum absolute atomic E-state index is 12.0. The van der Waals surface area contributed by atoms with E-state index in [1.165, 1.54) is 37.9 Å². The Morgan fingerprint density at radius 3 is 2.90 bits per heavy atom. The van der Waals surface area contributed by atoms with Gasteiger partial charge in [0.25, 0.3) is 0 Å². The quantitative estimate of drug-likeness (QED) is 0.541. The maximum atomic E-state index is 12.0. The van der Waals surface area contributed by atoms with Crippen molar-refractivity contribution in [2.75, 3.05) is 32.0 Å². The molecular formula is C23H32N2O3S. The van der Waals surface area contributed by atoms with Gasteiger partial charge in [-0.25, -0.2) is 0 Å². The number of benzene rings is 1. The number of nitrogens with zero attached hydrogens (tertiary/aromatic N) is 1. The van der Waals surface area contributed by atoms with Crippen molar-refractivity contribution < 1.29 is 13.9 Å². The van der Waals surface area contributed by atoms with E-state index in [0.717, 1.165) is 24.5 Å². The fourth-order valence-corrected chi connectivity index (χ4v) is 4.26. The molecule has 29 heavy (non-hydrogen) atoms. The molecule has 0 bridgehead atoms. The lowest BCUT2D eigenvalue weighted by Crippen LogP contribution is -2.29. The SMILES string of the molecule is CC(SCC(=O)NCCCOc1cccc(CN2CCCCC2)c1)c1ccco1. The van der Waals surface area contributed by atoms with Gasteiger partial charge in [-0.15, -0.1) is 11.8 Å². The minimum absolute atomic E-state index is 0.0527. The summed E-state index contributed by atoms with van der Waals surface area (Å²) in [5, 5.41) is 3.14. The molecule has 1 saturated heterocycles. The molecule has 158 valence electrons. The van der Waals surface area contributed by atoms with Gasteiger partial charge in [-0.3, -0.25) is 9.69 Å². The number of rotatable bonds is 11. The predicted octanol–water partition coefficient (Wildman–Crippen LogP) is 4.65. The van der Waals surface area contributed by atoms with Crippen LogP contribution in [0.15, 0.2) is 47.1 Å². The molecule has 1 unspecified atom stereocenters. The second-order valence-corrected chi connectivity index (χ2v) is 8.83. The van der Waals surface area contributed by atoms with Gasteiger partial charge in [-0.2, -0.15) is 0 Å². The second kappa shape index (κ2) is 11.9. The van der Waals surface area contributed by atoms with E-state index in [1.807, 2.05) is 25.1 Å². The molecule has 0 aliphatic carbocycles. The van der Waals surface area contributed by atoms with Crippen molar-refractivity contribution in [3.8, 4) is 5.75 Å². The van der Waals surface area contributed by atoms with Gasteiger partial charge in [0.05, 0.1) is 23.9 Å².